The van der Waals surface area contributed by atoms with Crippen molar-refractivity contribution in [2.24, 2.45) is 11.8 Å². The maximum atomic E-state index is 14.3. The average molecular weight is 499 g/mol. The summed E-state index contributed by atoms with van der Waals surface area (Å²) in [6, 6.07) is 12.5. The molecule has 4 heteroatoms. The van der Waals surface area contributed by atoms with Gasteiger partial charge in [-0.3, -0.25) is 0 Å². The third kappa shape index (κ3) is 7.09. The lowest BCUT2D eigenvalue weighted by molar-refractivity contribution is -0.00324. The van der Waals surface area contributed by atoms with Gasteiger partial charge in [0.2, 0.25) is 5.82 Å². The molecule has 2 aromatic rings. The van der Waals surface area contributed by atoms with Crippen molar-refractivity contribution in [3.8, 4) is 5.75 Å². The minimum Gasteiger partial charge on any atom is -0.491 e. The Morgan fingerprint density at radius 3 is 2.06 bits per heavy atom. The Labute approximate surface area is 216 Å². The van der Waals surface area contributed by atoms with Crippen LogP contribution in [0.3, 0.4) is 0 Å². The summed E-state index contributed by atoms with van der Waals surface area (Å²) in [5.74, 6) is 0.528. The van der Waals surface area contributed by atoms with Gasteiger partial charge in [0, 0.05) is 5.56 Å². The molecule has 2 saturated carbocycles. The first-order valence-electron chi connectivity index (χ1n) is 14.4. The summed E-state index contributed by atoms with van der Waals surface area (Å²) in [5.41, 5.74) is 3.28. The number of benzene rings is 2. The molecule has 0 amide bonds. The van der Waals surface area contributed by atoms with E-state index in [0.717, 1.165) is 30.6 Å². The highest BCUT2D eigenvalue weighted by molar-refractivity contribution is 5.31. The van der Waals surface area contributed by atoms with Gasteiger partial charge in [0.25, 0.3) is 0 Å². The monoisotopic (exact) mass is 498 g/mol. The van der Waals surface area contributed by atoms with Gasteiger partial charge in [-0.05, 0) is 112 Å². The van der Waals surface area contributed by atoms with Crippen LogP contribution in [0.5, 0.6) is 5.75 Å². The molecule has 2 aliphatic carbocycles. The second kappa shape index (κ2) is 13.6. The van der Waals surface area contributed by atoms with Crippen molar-refractivity contribution in [3.05, 3.63) is 64.7 Å². The van der Waals surface area contributed by atoms with Gasteiger partial charge in [0.05, 0.1) is 19.3 Å². The van der Waals surface area contributed by atoms with E-state index in [9.17, 15) is 8.78 Å². The van der Waals surface area contributed by atoms with Crippen LogP contribution in [0.2, 0.25) is 0 Å². The summed E-state index contributed by atoms with van der Waals surface area (Å²) in [7, 11) is 0. The smallest absolute Gasteiger partial charge is 0.200 e. The molecule has 2 nitrogen and oxygen atoms in total. The van der Waals surface area contributed by atoms with E-state index in [4.69, 9.17) is 9.47 Å². The minimum atomic E-state index is -0.917. The first-order valence-corrected chi connectivity index (χ1v) is 14.4. The fourth-order valence-corrected chi connectivity index (χ4v) is 6.34. The van der Waals surface area contributed by atoms with Crippen molar-refractivity contribution in [3.63, 3.8) is 0 Å². The molecule has 4 rings (SSSR count). The van der Waals surface area contributed by atoms with Gasteiger partial charge in [-0.15, -0.1) is 0 Å². The third-order valence-electron chi connectivity index (χ3n) is 8.58. The molecule has 0 radical (unpaired) electrons. The molecule has 2 aromatic carbocycles. The maximum absolute atomic E-state index is 14.3. The van der Waals surface area contributed by atoms with Crippen LogP contribution in [-0.4, -0.2) is 12.7 Å². The second-order valence-corrected chi connectivity index (χ2v) is 10.9. The van der Waals surface area contributed by atoms with Crippen molar-refractivity contribution < 1.29 is 18.3 Å². The Morgan fingerprint density at radius 1 is 0.750 bits per heavy atom. The number of ether oxygens (including phenoxy) is 2. The molecule has 0 unspecified atom stereocenters. The fraction of sp³-hybridized carbons (Fsp3) is 0.625. The molecule has 0 atom stereocenters. The van der Waals surface area contributed by atoms with Gasteiger partial charge in [-0.25, -0.2) is 4.39 Å². The van der Waals surface area contributed by atoms with Crippen LogP contribution in [0, 0.1) is 23.5 Å². The fourth-order valence-electron chi connectivity index (χ4n) is 6.34. The molecule has 0 N–H and O–H groups in total. The van der Waals surface area contributed by atoms with Crippen LogP contribution in [0.1, 0.15) is 107 Å². The average Bonchev–Trinajstić information content (AvgIpc) is 2.92. The van der Waals surface area contributed by atoms with Crippen molar-refractivity contribution in [1.82, 2.24) is 0 Å². The summed E-state index contributed by atoms with van der Waals surface area (Å²) in [6.45, 7) is 4.44. The Morgan fingerprint density at radius 2 is 1.42 bits per heavy atom. The van der Waals surface area contributed by atoms with Crippen LogP contribution in [0.4, 0.5) is 8.78 Å². The van der Waals surface area contributed by atoms with Crippen LogP contribution in [-0.2, 0) is 17.8 Å². The van der Waals surface area contributed by atoms with E-state index in [1.807, 2.05) is 0 Å². The number of unbranched alkanes of at least 4 members (excludes halogenated alkanes) is 2. The predicted molar refractivity (Wildman–Crippen MR) is 142 cm³/mol. The van der Waals surface area contributed by atoms with Gasteiger partial charge in [-0.2, -0.15) is 4.39 Å². The lowest BCUT2D eigenvalue weighted by Gasteiger charge is -2.38. The van der Waals surface area contributed by atoms with E-state index in [1.54, 1.807) is 13.0 Å². The molecular formula is C32H44F2O2. The number of halogens is 2. The molecule has 0 saturated heterocycles. The highest BCUT2D eigenvalue weighted by atomic mass is 19.2. The van der Waals surface area contributed by atoms with Gasteiger partial charge in [0.1, 0.15) is 0 Å². The summed E-state index contributed by atoms with van der Waals surface area (Å²) < 4.78 is 39.6. The molecule has 2 aliphatic rings. The van der Waals surface area contributed by atoms with E-state index >= 15 is 0 Å². The number of hydrogen-bond donors (Lipinski definition) is 0. The van der Waals surface area contributed by atoms with Gasteiger partial charge >= 0.3 is 0 Å². The van der Waals surface area contributed by atoms with Crippen molar-refractivity contribution in [2.75, 3.05) is 6.61 Å². The molecule has 0 aromatic heterocycles. The molecule has 2 fully saturated rings. The van der Waals surface area contributed by atoms with E-state index < -0.39 is 11.6 Å². The van der Waals surface area contributed by atoms with Crippen molar-refractivity contribution >= 4 is 0 Å². The highest BCUT2D eigenvalue weighted by Gasteiger charge is 2.31. The molecule has 0 aliphatic heterocycles. The normalized spacial score (nSPS) is 24.6. The lowest BCUT2D eigenvalue weighted by atomic mass is 9.69. The zero-order valence-corrected chi connectivity index (χ0v) is 22.2. The molecule has 198 valence electrons. The highest BCUT2D eigenvalue weighted by Crippen LogP contribution is 2.43. The minimum absolute atomic E-state index is 0.0339. The van der Waals surface area contributed by atoms with Crippen LogP contribution >= 0.6 is 0 Å². The van der Waals surface area contributed by atoms with E-state index in [0.29, 0.717) is 6.61 Å². The summed E-state index contributed by atoms with van der Waals surface area (Å²) in [6.07, 6.45) is 14.9. The number of rotatable bonds is 11. The largest absolute Gasteiger partial charge is 0.491 e. The summed E-state index contributed by atoms with van der Waals surface area (Å²) >= 11 is 0. The zero-order valence-electron chi connectivity index (χ0n) is 22.2. The topological polar surface area (TPSA) is 18.5 Å². The van der Waals surface area contributed by atoms with E-state index in [-0.39, 0.29) is 24.0 Å². The van der Waals surface area contributed by atoms with Crippen LogP contribution in [0.15, 0.2) is 36.4 Å². The standard InChI is InChI=1S/C32H44F2O2/c1-3-5-6-7-23-8-10-24(11-9-23)25-12-14-26(15-13-25)27-16-19-29(20-17-27)36-22-28-18-21-30(35-4-2)32(34)31(28)33/h8-11,18,21,25-27,29H,3-7,12-17,19-20,22H2,1-2H3. The number of aryl methyl sites for hydroxylation is 1. The third-order valence-corrected chi connectivity index (χ3v) is 8.58. The lowest BCUT2D eigenvalue weighted by Crippen LogP contribution is -2.28. The first-order chi connectivity index (χ1) is 17.6. The Kier molecular flexibility index (Phi) is 10.2. The maximum Gasteiger partial charge on any atom is 0.200 e. The molecule has 0 bridgehead atoms. The zero-order chi connectivity index (χ0) is 25.3. The summed E-state index contributed by atoms with van der Waals surface area (Å²) in [5, 5.41) is 0. The Hall–Kier alpha value is -1.94. The quantitative estimate of drug-likeness (QED) is 0.288. The molecule has 0 spiro atoms. The molecular weight excluding hydrogens is 454 g/mol. The van der Waals surface area contributed by atoms with Crippen molar-refractivity contribution in [1.29, 1.82) is 0 Å². The van der Waals surface area contributed by atoms with E-state index in [1.165, 1.54) is 81.4 Å². The second-order valence-electron chi connectivity index (χ2n) is 10.9. The SMILES string of the molecule is CCCCCc1ccc(C2CCC(C3CCC(OCc4ccc(OCC)c(F)c4F)CC3)CC2)cc1. The van der Waals surface area contributed by atoms with Crippen molar-refractivity contribution in [2.45, 2.75) is 110 Å². The predicted octanol–water partition coefficient (Wildman–Crippen LogP) is 9.15. The Bertz CT molecular complexity index is 926. The van der Waals surface area contributed by atoms with E-state index in [2.05, 4.69) is 31.2 Å². The first kappa shape index (κ1) is 27.1. The van der Waals surface area contributed by atoms with Crippen LogP contribution in [0.25, 0.3) is 0 Å². The molecule has 0 heterocycles. The number of hydrogen-bond acceptors (Lipinski definition) is 2. The van der Waals surface area contributed by atoms with Gasteiger partial charge in [-0.1, -0.05) is 44.0 Å². The summed E-state index contributed by atoms with van der Waals surface area (Å²) in [4.78, 5) is 0. The molecule has 36 heavy (non-hydrogen) atoms. The van der Waals surface area contributed by atoms with Gasteiger partial charge in [0.15, 0.2) is 11.6 Å². The van der Waals surface area contributed by atoms with Gasteiger partial charge < -0.3 is 9.47 Å². The Balaban J connectivity index is 1.18. The van der Waals surface area contributed by atoms with Crippen LogP contribution < -0.4 is 4.74 Å².